The number of carbonyl (C=O) groups excluding carboxylic acids is 1. The standard InChI is InChI=1S/C16H22N4O/c1-4-13-6-5-7-14(8-13)18-16(21)10-17-9-15-11(2)19-20-12(15)3/h5-8,17H,4,9-10H2,1-3H3,(H,18,21)(H,19,20). The van der Waals surface area contributed by atoms with Gasteiger partial charge in [-0.2, -0.15) is 5.10 Å². The summed E-state index contributed by atoms with van der Waals surface area (Å²) in [6.07, 6.45) is 0.959. The molecule has 112 valence electrons. The van der Waals surface area contributed by atoms with Gasteiger partial charge in [-0.15, -0.1) is 0 Å². The molecule has 0 atom stereocenters. The van der Waals surface area contributed by atoms with Gasteiger partial charge in [0.2, 0.25) is 5.91 Å². The predicted molar refractivity (Wildman–Crippen MR) is 84.2 cm³/mol. The first-order valence-electron chi connectivity index (χ1n) is 7.20. The van der Waals surface area contributed by atoms with E-state index in [0.29, 0.717) is 6.54 Å². The van der Waals surface area contributed by atoms with Gasteiger partial charge in [0.15, 0.2) is 0 Å². The molecule has 21 heavy (non-hydrogen) atoms. The van der Waals surface area contributed by atoms with Crippen molar-refractivity contribution in [3.8, 4) is 0 Å². The second kappa shape index (κ2) is 7.04. The molecule has 1 amide bonds. The topological polar surface area (TPSA) is 69.8 Å². The van der Waals surface area contributed by atoms with Crippen molar-refractivity contribution in [2.75, 3.05) is 11.9 Å². The SMILES string of the molecule is CCc1cccc(NC(=O)CNCc2c(C)n[nH]c2C)c1. The van der Waals surface area contributed by atoms with E-state index in [0.717, 1.165) is 29.1 Å². The Morgan fingerprint density at radius 2 is 2.14 bits per heavy atom. The molecule has 0 radical (unpaired) electrons. The Morgan fingerprint density at radius 1 is 1.33 bits per heavy atom. The van der Waals surface area contributed by atoms with Crippen LogP contribution in [0, 0.1) is 13.8 Å². The maximum Gasteiger partial charge on any atom is 0.238 e. The number of aromatic amines is 1. The van der Waals surface area contributed by atoms with Crippen LogP contribution in [0.5, 0.6) is 0 Å². The van der Waals surface area contributed by atoms with Crippen LogP contribution in [0.15, 0.2) is 24.3 Å². The third-order valence-corrected chi connectivity index (χ3v) is 3.49. The van der Waals surface area contributed by atoms with Gasteiger partial charge >= 0.3 is 0 Å². The van der Waals surface area contributed by atoms with E-state index in [1.165, 1.54) is 5.56 Å². The molecule has 0 saturated heterocycles. The summed E-state index contributed by atoms with van der Waals surface area (Å²) in [4.78, 5) is 11.9. The van der Waals surface area contributed by atoms with Crippen LogP contribution < -0.4 is 10.6 Å². The van der Waals surface area contributed by atoms with Gasteiger partial charge in [-0.25, -0.2) is 0 Å². The second-order valence-electron chi connectivity index (χ2n) is 5.12. The summed E-state index contributed by atoms with van der Waals surface area (Å²) in [5, 5.41) is 13.1. The lowest BCUT2D eigenvalue weighted by Gasteiger charge is -2.08. The summed E-state index contributed by atoms with van der Waals surface area (Å²) in [6, 6.07) is 7.92. The Bertz CT molecular complexity index is 599. The Balaban J connectivity index is 1.82. The zero-order valence-electron chi connectivity index (χ0n) is 12.8. The number of aryl methyl sites for hydroxylation is 3. The van der Waals surface area contributed by atoms with Crippen molar-refractivity contribution < 1.29 is 4.79 Å². The molecular formula is C16H22N4O. The molecule has 0 fully saturated rings. The Kier molecular flexibility index (Phi) is 5.11. The van der Waals surface area contributed by atoms with E-state index in [1.807, 2.05) is 32.0 Å². The minimum absolute atomic E-state index is 0.0398. The first-order valence-corrected chi connectivity index (χ1v) is 7.20. The number of amides is 1. The lowest BCUT2D eigenvalue weighted by Crippen LogP contribution is -2.28. The number of carbonyl (C=O) groups is 1. The lowest BCUT2D eigenvalue weighted by molar-refractivity contribution is -0.115. The van der Waals surface area contributed by atoms with Gasteiger partial charge in [-0.3, -0.25) is 9.89 Å². The van der Waals surface area contributed by atoms with Gasteiger partial charge < -0.3 is 10.6 Å². The first-order chi connectivity index (χ1) is 10.1. The van der Waals surface area contributed by atoms with Crippen LogP contribution in [0.4, 0.5) is 5.69 Å². The van der Waals surface area contributed by atoms with E-state index >= 15 is 0 Å². The van der Waals surface area contributed by atoms with Crippen LogP contribution in [0.1, 0.15) is 29.4 Å². The van der Waals surface area contributed by atoms with Gasteiger partial charge in [0.1, 0.15) is 0 Å². The molecule has 0 spiro atoms. The van der Waals surface area contributed by atoms with E-state index in [1.54, 1.807) is 0 Å². The van der Waals surface area contributed by atoms with Gasteiger partial charge in [0.25, 0.3) is 0 Å². The molecule has 0 aliphatic carbocycles. The average molecular weight is 286 g/mol. The third-order valence-electron chi connectivity index (χ3n) is 3.49. The van der Waals surface area contributed by atoms with Crippen LogP contribution in [-0.2, 0) is 17.8 Å². The molecule has 0 aliphatic heterocycles. The van der Waals surface area contributed by atoms with E-state index in [2.05, 4.69) is 33.8 Å². The third kappa shape index (κ3) is 4.16. The largest absolute Gasteiger partial charge is 0.325 e. The normalized spacial score (nSPS) is 10.6. The van der Waals surface area contributed by atoms with Crippen LogP contribution in [0.3, 0.4) is 0 Å². The van der Waals surface area contributed by atoms with Crippen molar-refractivity contribution in [2.24, 2.45) is 0 Å². The maximum atomic E-state index is 11.9. The number of anilines is 1. The number of nitrogens with zero attached hydrogens (tertiary/aromatic N) is 1. The van der Waals surface area contributed by atoms with E-state index in [-0.39, 0.29) is 12.5 Å². The molecule has 0 unspecified atom stereocenters. The van der Waals surface area contributed by atoms with Gasteiger partial charge in [0, 0.05) is 23.5 Å². The quantitative estimate of drug-likeness (QED) is 0.763. The average Bonchev–Trinajstić information content (AvgIpc) is 2.79. The molecule has 0 aliphatic rings. The number of nitrogens with one attached hydrogen (secondary N) is 3. The maximum absolute atomic E-state index is 11.9. The number of hydrogen-bond donors (Lipinski definition) is 3. The van der Waals surface area contributed by atoms with Gasteiger partial charge in [-0.1, -0.05) is 19.1 Å². The van der Waals surface area contributed by atoms with Crippen LogP contribution >= 0.6 is 0 Å². The second-order valence-corrected chi connectivity index (χ2v) is 5.12. The number of H-pyrrole nitrogens is 1. The summed E-state index contributed by atoms with van der Waals surface area (Å²) >= 11 is 0. The molecule has 5 nitrogen and oxygen atoms in total. The van der Waals surface area contributed by atoms with Crippen molar-refractivity contribution in [1.29, 1.82) is 0 Å². The van der Waals surface area contributed by atoms with Crippen molar-refractivity contribution in [1.82, 2.24) is 15.5 Å². The summed E-state index contributed by atoms with van der Waals surface area (Å²) in [5.74, 6) is -0.0398. The highest BCUT2D eigenvalue weighted by Gasteiger charge is 2.07. The van der Waals surface area contributed by atoms with Crippen molar-refractivity contribution in [2.45, 2.75) is 33.7 Å². The molecule has 5 heteroatoms. The molecule has 1 aromatic carbocycles. The number of rotatable bonds is 6. The minimum atomic E-state index is -0.0398. The summed E-state index contributed by atoms with van der Waals surface area (Å²) < 4.78 is 0. The molecule has 0 bridgehead atoms. The molecule has 2 rings (SSSR count). The van der Waals surface area contributed by atoms with Crippen LogP contribution in [0.2, 0.25) is 0 Å². The van der Waals surface area contributed by atoms with Crippen molar-refractivity contribution in [3.63, 3.8) is 0 Å². The lowest BCUT2D eigenvalue weighted by atomic mass is 10.1. The Labute approximate surface area is 125 Å². The molecule has 1 aromatic heterocycles. The Morgan fingerprint density at radius 3 is 2.81 bits per heavy atom. The summed E-state index contributed by atoms with van der Waals surface area (Å²) in [6.45, 7) is 6.94. The fourth-order valence-electron chi connectivity index (χ4n) is 2.21. The van der Waals surface area contributed by atoms with Crippen LogP contribution in [0.25, 0.3) is 0 Å². The zero-order chi connectivity index (χ0) is 15.2. The summed E-state index contributed by atoms with van der Waals surface area (Å²) in [5.41, 5.74) is 5.19. The number of benzene rings is 1. The highest BCUT2D eigenvalue weighted by molar-refractivity contribution is 5.92. The van der Waals surface area contributed by atoms with Gasteiger partial charge in [-0.05, 0) is 38.0 Å². The fourth-order valence-corrected chi connectivity index (χ4v) is 2.21. The molecule has 2 aromatic rings. The smallest absolute Gasteiger partial charge is 0.238 e. The zero-order valence-corrected chi connectivity index (χ0v) is 12.8. The molecule has 0 saturated carbocycles. The monoisotopic (exact) mass is 286 g/mol. The van der Waals surface area contributed by atoms with E-state index in [4.69, 9.17) is 0 Å². The van der Waals surface area contributed by atoms with Crippen LogP contribution in [-0.4, -0.2) is 22.6 Å². The highest BCUT2D eigenvalue weighted by atomic mass is 16.1. The summed E-state index contributed by atoms with van der Waals surface area (Å²) in [7, 11) is 0. The molecule has 1 heterocycles. The first kappa shape index (κ1) is 15.3. The minimum Gasteiger partial charge on any atom is -0.325 e. The van der Waals surface area contributed by atoms with Crippen molar-refractivity contribution >= 4 is 11.6 Å². The van der Waals surface area contributed by atoms with Gasteiger partial charge in [0.05, 0.1) is 12.2 Å². The fraction of sp³-hybridized carbons (Fsp3) is 0.375. The van der Waals surface area contributed by atoms with E-state index < -0.39 is 0 Å². The molecule has 3 N–H and O–H groups in total. The number of aromatic nitrogens is 2. The number of hydrogen-bond acceptors (Lipinski definition) is 3. The van der Waals surface area contributed by atoms with Crippen molar-refractivity contribution in [3.05, 3.63) is 46.8 Å². The van der Waals surface area contributed by atoms with E-state index in [9.17, 15) is 4.79 Å². The highest BCUT2D eigenvalue weighted by Crippen LogP contribution is 2.11. The Hall–Kier alpha value is -2.14. The molecular weight excluding hydrogens is 264 g/mol. The predicted octanol–water partition coefficient (Wildman–Crippen LogP) is 2.32.